The molecule has 1 aliphatic carbocycles. The quantitative estimate of drug-likeness (QED) is 0.0233. The van der Waals surface area contributed by atoms with Crippen LogP contribution in [0.25, 0.3) is 0 Å². The Balaban J connectivity index is 0. The lowest BCUT2D eigenvalue weighted by molar-refractivity contribution is -0.137. The molecule has 0 aromatic carbocycles. The van der Waals surface area contributed by atoms with E-state index in [1.54, 1.807) is 0 Å². The molecule has 20 nitrogen and oxygen atoms in total. The SMILES string of the molecule is CNCCOCCOCC(=O)NCCCCC(N)C(=O)P.CO.O=CCOCCOCCNC(=O)CCC(C=O)NC(=O)C1CCC(CNC(=O)CCCCCCCCCCCCCCCCCCC(=O)O)CC1. The maximum Gasteiger partial charge on any atom is 0.303 e. The van der Waals surface area contributed by atoms with Gasteiger partial charge in [0.05, 0.1) is 51.7 Å². The minimum absolute atomic E-state index is 0.0311. The molecule has 1 rings (SSSR count). The summed E-state index contributed by atoms with van der Waals surface area (Å²) in [5.74, 6) is -0.889. The Morgan fingerprint density at radius 2 is 1.08 bits per heavy atom. The van der Waals surface area contributed by atoms with Gasteiger partial charge in [-0.15, -0.1) is 0 Å². The average molecular weight is 1080 g/mol. The highest BCUT2D eigenvalue weighted by Gasteiger charge is 2.28. The van der Waals surface area contributed by atoms with Crippen LogP contribution < -0.4 is 32.3 Å². The van der Waals surface area contributed by atoms with E-state index < -0.39 is 18.1 Å². The van der Waals surface area contributed by atoms with Crippen LogP contribution in [-0.2, 0) is 57.3 Å². The lowest BCUT2D eigenvalue weighted by atomic mass is 9.81. The zero-order valence-electron chi connectivity index (χ0n) is 45.5. The van der Waals surface area contributed by atoms with Crippen LogP contribution in [0.5, 0.6) is 0 Å². The molecule has 0 aromatic rings. The van der Waals surface area contributed by atoms with Crippen molar-refractivity contribution < 1.29 is 67.5 Å². The number of likely N-dealkylation sites (N-methyl/N-ethyl adjacent to an activating group) is 1. The maximum absolute atomic E-state index is 12.8. The second-order valence-electron chi connectivity index (χ2n) is 18.7. The summed E-state index contributed by atoms with van der Waals surface area (Å²) >= 11 is 0. The van der Waals surface area contributed by atoms with Gasteiger partial charge in [-0.25, -0.2) is 0 Å². The van der Waals surface area contributed by atoms with Crippen LogP contribution in [0.4, 0.5) is 0 Å². The van der Waals surface area contributed by atoms with Crippen LogP contribution in [0.3, 0.4) is 0 Å². The molecule has 0 bridgehead atoms. The molecule has 0 aromatic heterocycles. The van der Waals surface area contributed by atoms with Crippen molar-refractivity contribution in [3.63, 3.8) is 0 Å². The number of unbranched alkanes of at least 4 members (excludes halogenated alkanes) is 16. The van der Waals surface area contributed by atoms with Crippen LogP contribution in [0.2, 0.25) is 0 Å². The van der Waals surface area contributed by atoms with Gasteiger partial charge in [0.25, 0.3) is 0 Å². The first-order valence-electron chi connectivity index (χ1n) is 27.6. The molecule has 1 fully saturated rings. The number of carbonyl (C=O) groups excluding carboxylic acids is 7. The largest absolute Gasteiger partial charge is 0.481 e. The van der Waals surface area contributed by atoms with E-state index in [9.17, 15) is 38.4 Å². The smallest absolute Gasteiger partial charge is 0.303 e. The van der Waals surface area contributed by atoms with E-state index in [1.165, 1.54) is 70.6 Å². The van der Waals surface area contributed by atoms with E-state index in [-0.39, 0.29) is 61.1 Å². The number of aldehydes is 2. The number of ether oxygens (including phenoxy) is 4. The fraction of sp³-hybridized carbons (Fsp3) is 0.849. The van der Waals surface area contributed by atoms with Gasteiger partial charge in [0.1, 0.15) is 25.8 Å². The lowest BCUT2D eigenvalue weighted by Crippen LogP contribution is -2.42. The topological polar surface area (TPSA) is 300 Å². The van der Waals surface area contributed by atoms with Gasteiger partial charge < -0.3 is 71.1 Å². The zero-order chi connectivity index (χ0) is 55.1. The Kier molecular flexibility index (Phi) is 54.7. The van der Waals surface area contributed by atoms with Gasteiger partial charge >= 0.3 is 5.97 Å². The summed E-state index contributed by atoms with van der Waals surface area (Å²) in [6, 6.07) is -1.13. The van der Waals surface area contributed by atoms with Crippen molar-refractivity contribution >= 4 is 56.9 Å². The third-order valence-electron chi connectivity index (χ3n) is 12.4. The number of nitrogens with two attached hydrogens (primary N) is 1. The molecule has 3 unspecified atom stereocenters. The standard InChI is InChI=1S/C39H69N3O9.C13H28N3O4P.CH4O/c43-26-28-51-30-29-50-27-25-40-37(46)24-23-35(32-44)42-39(49)34-21-19-33(20-22-34)31-41-36(45)17-15-13-11-9-7-5-3-1-2-4-6-8-10-12-14-16-18-38(47)48;1-15-6-7-19-8-9-20-10-12(17)16-5-3-2-4-11(14)13(18)21;1-2/h26,32-35H,1-25,27-31H2,(H,40,46)(H,41,45)(H,42,49)(H,47,48);11,15H,2-10,14,21H2,1H3,(H,16,17);2H,1H3. The normalized spacial score (nSPS) is 14.7. The third kappa shape index (κ3) is 50.7. The number of aliphatic hydroxyl groups is 1. The highest BCUT2D eigenvalue weighted by atomic mass is 31.0. The van der Waals surface area contributed by atoms with Crippen LogP contribution in [0.1, 0.15) is 173 Å². The first-order valence-corrected chi connectivity index (χ1v) is 28.2. The monoisotopic (exact) mass is 1080 g/mol. The summed E-state index contributed by atoms with van der Waals surface area (Å²) in [5.41, 5.74) is 5.51. The van der Waals surface area contributed by atoms with Crippen molar-refractivity contribution in [1.82, 2.24) is 26.6 Å². The van der Waals surface area contributed by atoms with Gasteiger partial charge in [-0.3, -0.25) is 28.8 Å². The minimum Gasteiger partial charge on any atom is -0.481 e. The molecule has 74 heavy (non-hydrogen) atoms. The molecule has 1 saturated carbocycles. The molecular formula is C53H101N6O14P. The molecule has 0 aliphatic heterocycles. The van der Waals surface area contributed by atoms with Crippen LogP contribution in [0, 0.1) is 11.8 Å². The summed E-state index contributed by atoms with van der Waals surface area (Å²) in [6.07, 6.45) is 27.0. The summed E-state index contributed by atoms with van der Waals surface area (Å²) in [4.78, 5) is 91.7. The predicted molar refractivity (Wildman–Crippen MR) is 290 cm³/mol. The molecule has 0 saturated heterocycles. The fourth-order valence-corrected chi connectivity index (χ4v) is 8.11. The number of aliphatic hydroxyl groups excluding tert-OH is 1. The van der Waals surface area contributed by atoms with E-state index in [0.717, 1.165) is 84.3 Å². The number of rotatable bonds is 49. The minimum atomic E-state index is -0.709. The van der Waals surface area contributed by atoms with Crippen molar-refractivity contribution in [2.75, 3.05) is 93.2 Å². The van der Waals surface area contributed by atoms with Crippen molar-refractivity contribution in [3.8, 4) is 0 Å². The molecule has 0 radical (unpaired) electrons. The maximum atomic E-state index is 12.8. The lowest BCUT2D eigenvalue weighted by Gasteiger charge is -2.28. The summed E-state index contributed by atoms with van der Waals surface area (Å²) < 4.78 is 20.7. The van der Waals surface area contributed by atoms with Crippen molar-refractivity contribution in [3.05, 3.63) is 0 Å². The van der Waals surface area contributed by atoms with E-state index in [2.05, 4.69) is 35.8 Å². The van der Waals surface area contributed by atoms with Crippen molar-refractivity contribution in [1.29, 1.82) is 0 Å². The Morgan fingerprint density at radius 1 is 0.581 bits per heavy atom. The van der Waals surface area contributed by atoms with Gasteiger partial charge in [-0.1, -0.05) is 99.1 Å². The second kappa shape index (κ2) is 55.7. The first kappa shape index (κ1) is 72.6. The van der Waals surface area contributed by atoms with Gasteiger partial charge in [0, 0.05) is 58.5 Å². The van der Waals surface area contributed by atoms with Crippen LogP contribution in [-0.4, -0.2) is 163 Å². The Labute approximate surface area is 445 Å². The van der Waals surface area contributed by atoms with E-state index in [1.807, 2.05) is 7.05 Å². The molecule has 0 heterocycles. The molecule has 21 heteroatoms. The number of carboxylic acids is 1. The van der Waals surface area contributed by atoms with Crippen LogP contribution in [0.15, 0.2) is 0 Å². The summed E-state index contributed by atoms with van der Waals surface area (Å²) in [5, 5.41) is 30.0. The number of aliphatic carboxylic acids is 1. The van der Waals surface area contributed by atoms with E-state index in [0.29, 0.717) is 97.0 Å². The number of nitrogens with one attached hydrogen (secondary N) is 5. The van der Waals surface area contributed by atoms with Gasteiger partial charge in [0.15, 0.2) is 5.52 Å². The average Bonchev–Trinajstić information content (AvgIpc) is 3.39. The van der Waals surface area contributed by atoms with Crippen LogP contribution >= 0.6 is 9.24 Å². The predicted octanol–water partition coefficient (Wildman–Crippen LogP) is 4.69. The summed E-state index contributed by atoms with van der Waals surface area (Å²) in [6.45, 7) is 4.86. The highest BCUT2D eigenvalue weighted by Crippen LogP contribution is 2.29. The number of carboxylic acid groups (broad SMARTS) is 1. The zero-order valence-corrected chi connectivity index (χ0v) is 46.6. The molecular weight excluding hydrogens is 976 g/mol. The van der Waals surface area contributed by atoms with Crippen molar-refractivity contribution in [2.45, 2.75) is 185 Å². The molecule has 4 amide bonds. The number of carbonyl (C=O) groups is 8. The number of hydrogen-bond donors (Lipinski definition) is 8. The van der Waals surface area contributed by atoms with Gasteiger partial charge in [0.2, 0.25) is 23.6 Å². The molecule has 432 valence electrons. The molecule has 1 aliphatic rings. The van der Waals surface area contributed by atoms with Crippen molar-refractivity contribution in [2.24, 2.45) is 17.6 Å². The Morgan fingerprint density at radius 3 is 1.61 bits per heavy atom. The third-order valence-corrected chi connectivity index (χ3v) is 12.8. The van der Waals surface area contributed by atoms with E-state index >= 15 is 0 Å². The highest BCUT2D eigenvalue weighted by molar-refractivity contribution is 7.40. The Hall–Kier alpha value is -3.49. The molecule has 3 atom stereocenters. The Bertz CT molecular complexity index is 1410. The molecule has 0 spiro atoms. The van der Waals surface area contributed by atoms with Gasteiger partial charge in [-0.2, -0.15) is 0 Å². The summed E-state index contributed by atoms with van der Waals surface area (Å²) in [7, 11) is 4.94. The first-order chi connectivity index (χ1) is 35.9. The number of amides is 4. The fourth-order valence-electron chi connectivity index (χ4n) is 7.95. The number of hydrogen-bond acceptors (Lipinski definition) is 15. The van der Waals surface area contributed by atoms with E-state index in [4.69, 9.17) is 34.9 Å². The molecule has 9 N–H and O–H groups in total. The second-order valence-corrected chi connectivity index (χ2v) is 19.3. The van der Waals surface area contributed by atoms with Gasteiger partial charge in [-0.05, 0) is 77.2 Å².